The molecule has 6 N–H and O–H groups in total. The fourth-order valence-electron chi connectivity index (χ4n) is 1.89. The van der Waals surface area contributed by atoms with E-state index in [1.54, 1.807) is 42.5 Å². The minimum absolute atomic E-state index is 0.0487. The van der Waals surface area contributed by atoms with Gasteiger partial charge in [-0.2, -0.15) is 0 Å². The Labute approximate surface area is 168 Å². The Morgan fingerprint density at radius 2 is 1.54 bits per heavy atom. The Bertz CT molecular complexity index is 613. The van der Waals surface area contributed by atoms with E-state index in [1.807, 2.05) is 0 Å². The molecule has 0 saturated carbocycles. The second-order valence-corrected chi connectivity index (χ2v) is 6.99. The van der Waals surface area contributed by atoms with Crippen LogP contribution in [0.3, 0.4) is 0 Å². The average Bonchev–Trinajstić information content (AvgIpc) is 2.61. The normalized spacial score (nSPS) is 15.5. The van der Waals surface area contributed by atoms with Crippen molar-refractivity contribution in [2.45, 2.75) is 43.1 Å². The number of aliphatic hydroxyl groups is 1. The van der Waals surface area contributed by atoms with Gasteiger partial charge in [0.15, 0.2) is 0 Å². The standard InChI is InChI=1S/C19H27NO7S/c20-14(19(26)27)13-28-16(15(21)9-8-12-18(24)25)10-6-4-2-1-3-5-7-11-17(22)23/h1-7,10,14-16,21H,8-9,11-13,20H2,(H,22,23)(H,24,25)(H,26,27)/b3-1-,4-2+,7-5+,10-6+/t14-,15+,16-/m1/s1. The van der Waals surface area contributed by atoms with E-state index in [1.165, 1.54) is 17.8 Å². The van der Waals surface area contributed by atoms with Crippen LogP contribution in [0.15, 0.2) is 48.6 Å². The zero-order valence-corrected chi connectivity index (χ0v) is 16.2. The smallest absolute Gasteiger partial charge is 0.321 e. The van der Waals surface area contributed by atoms with Crippen molar-refractivity contribution in [1.82, 2.24) is 0 Å². The molecule has 0 spiro atoms. The number of aliphatic hydroxyl groups excluding tert-OH is 1. The number of carbonyl (C=O) groups is 3. The highest BCUT2D eigenvalue weighted by Crippen LogP contribution is 2.21. The molecule has 0 aromatic rings. The van der Waals surface area contributed by atoms with Gasteiger partial charge >= 0.3 is 17.9 Å². The predicted molar refractivity (Wildman–Crippen MR) is 108 cm³/mol. The summed E-state index contributed by atoms with van der Waals surface area (Å²) < 4.78 is 0. The molecule has 0 aromatic carbocycles. The van der Waals surface area contributed by atoms with Crippen molar-refractivity contribution in [2.75, 3.05) is 5.75 Å². The summed E-state index contributed by atoms with van der Waals surface area (Å²) in [5, 5.41) is 35.9. The number of thioether (sulfide) groups is 1. The molecule has 9 heteroatoms. The lowest BCUT2D eigenvalue weighted by Crippen LogP contribution is -2.34. The van der Waals surface area contributed by atoms with Gasteiger partial charge in [-0.25, -0.2) is 0 Å². The van der Waals surface area contributed by atoms with Gasteiger partial charge in [-0.3, -0.25) is 14.4 Å². The molecule has 0 saturated heterocycles. The third kappa shape index (κ3) is 14.8. The molecule has 3 atom stereocenters. The van der Waals surface area contributed by atoms with Crippen LogP contribution in [0.4, 0.5) is 0 Å². The van der Waals surface area contributed by atoms with Crippen LogP contribution in [-0.2, 0) is 14.4 Å². The molecule has 0 aliphatic heterocycles. The van der Waals surface area contributed by atoms with Crippen molar-refractivity contribution in [3.63, 3.8) is 0 Å². The van der Waals surface area contributed by atoms with Crippen LogP contribution in [0.2, 0.25) is 0 Å². The lowest BCUT2D eigenvalue weighted by Gasteiger charge is -2.20. The van der Waals surface area contributed by atoms with Crippen molar-refractivity contribution < 1.29 is 34.8 Å². The van der Waals surface area contributed by atoms with Gasteiger partial charge in [0.2, 0.25) is 0 Å². The number of rotatable bonds is 15. The summed E-state index contributed by atoms with van der Waals surface area (Å²) in [4.78, 5) is 31.7. The quantitative estimate of drug-likeness (QED) is 0.252. The summed E-state index contributed by atoms with van der Waals surface area (Å²) in [5.41, 5.74) is 5.49. The molecule has 0 unspecified atom stereocenters. The Morgan fingerprint density at radius 1 is 0.929 bits per heavy atom. The van der Waals surface area contributed by atoms with E-state index in [4.69, 9.17) is 21.1 Å². The molecule has 0 aliphatic rings. The van der Waals surface area contributed by atoms with Gasteiger partial charge in [0.1, 0.15) is 6.04 Å². The topological polar surface area (TPSA) is 158 Å². The van der Waals surface area contributed by atoms with Crippen molar-refractivity contribution in [3.8, 4) is 0 Å². The number of nitrogens with two attached hydrogens (primary N) is 1. The van der Waals surface area contributed by atoms with Gasteiger partial charge in [-0.05, 0) is 12.8 Å². The predicted octanol–water partition coefficient (Wildman–Crippen LogP) is 1.82. The fourth-order valence-corrected chi connectivity index (χ4v) is 3.02. The Hall–Kier alpha value is -2.36. The summed E-state index contributed by atoms with van der Waals surface area (Å²) in [6.07, 6.45) is 13.0. The van der Waals surface area contributed by atoms with E-state index in [2.05, 4.69) is 0 Å². The molecule has 156 valence electrons. The number of allylic oxidation sites excluding steroid dienone is 6. The molecular formula is C19H27NO7S. The summed E-state index contributed by atoms with van der Waals surface area (Å²) in [5.74, 6) is -2.86. The monoisotopic (exact) mass is 413 g/mol. The van der Waals surface area contributed by atoms with Gasteiger partial charge in [0, 0.05) is 17.4 Å². The minimum atomic E-state index is -1.13. The molecule has 0 bridgehead atoms. The minimum Gasteiger partial charge on any atom is -0.481 e. The van der Waals surface area contributed by atoms with Crippen molar-refractivity contribution >= 4 is 29.7 Å². The summed E-state index contributed by atoms with van der Waals surface area (Å²) >= 11 is 1.19. The molecule has 0 fully saturated rings. The highest BCUT2D eigenvalue weighted by molar-refractivity contribution is 8.00. The number of hydrogen-bond donors (Lipinski definition) is 5. The van der Waals surface area contributed by atoms with E-state index in [0.29, 0.717) is 6.42 Å². The maximum absolute atomic E-state index is 10.8. The first-order valence-corrected chi connectivity index (χ1v) is 9.67. The molecule has 0 rings (SSSR count). The van der Waals surface area contributed by atoms with Crippen molar-refractivity contribution in [3.05, 3.63) is 48.6 Å². The lowest BCUT2D eigenvalue weighted by atomic mass is 10.1. The summed E-state index contributed by atoms with van der Waals surface area (Å²) in [7, 11) is 0. The van der Waals surface area contributed by atoms with E-state index in [-0.39, 0.29) is 25.0 Å². The van der Waals surface area contributed by atoms with Crippen LogP contribution in [0.25, 0.3) is 0 Å². The molecule has 28 heavy (non-hydrogen) atoms. The van der Waals surface area contributed by atoms with Gasteiger partial charge < -0.3 is 26.2 Å². The van der Waals surface area contributed by atoms with Crippen LogP contribution < -0.4 is 5.73 Å². The van der Waals surface area contributed by atoms with Crippen LogP contribution in [-0.4, -0.2) is 61.5 Å². The van der Waals surface area contributed by atoms with E-state index in [9.17, 15) is 19.5 Å². The molecule has 8 nitrogen and oxygen atoms in total. The average molecular weight is 413 g/mol. The highest BCUT2D eigenvalue weighted by atomic mass is 32.2. The Morgan fingerprint density at radius 3 is 2.11 bits per heavy atom. The second-order valence-electron chi connectivity index (χ2n) is 5.78. The summed E-state index contributed by atoms with van der Waals surface area (Å²) in [6, 6.07) is -1.05. The highest BCUT2D eigenvalue weighted by Gasteiger charge is 2.20. The maximum atomic E-state index is 10.8. The number of aliphatic carboxylic acids is 3. The first-order valence-electron chi connectivity index (χ1n) is 8.62. The molecule has 0 radical (unpaired) electrons. The van der Waals surface area contributed by atoms with Crippen LogP contribution in [0.1, 0.15) is 25.7 Å². The maximum Gasteiger partial charge on any atom is 0.321 e. The zero-order chi connectivity index (χ0) is 21.4. The van der Waals surface area contributed by atoms with Crippen LogP contribution >= 0.6 is 11.8 Å². The Kier molecular flexibility index (Phi) is 14.4. The lowest BCUT2D eigenvalue weighted by molar-refractivity contribution is -0.138. The summed E-state index contributed by atoms with van der Waals surface area (Å²) in [6.45, 7) is 0. The number of hydrogen-bond acceptors (Lipinski definition) is 6. The molecule has 0 heterocycles. The van der Waals surface area contributed by atoms with Crippen molar-refractivity contribution in [1.29, 1.82) is 0 Å². The van der Waals surface area contributed by atoms with E-state index in [0.717, 1.165) is 0 Å². The van der Waals surface area contributed by atoms with Crippen LogP contribution in [0, 0.1) is 0 Å². The molecule has 0 aliphatic carbocycles. The molecular weight excluding hydrogens is 386 g/mol. The van der Waals surface area contributed by atoms with Gasteiger partial charge in [0.05, 0.1) is 12.5 Å². The van der Waals surface area contributed by atoms with Gasteiger partial charge in [0.25, 0.3) is 0 Å². The van der Waals surface area contributed by atoms with Gasteiger partial charge in [-0.15, -0.1) is 11.8 Å². The third-order valence-electron chi connectivity index (χ3n) is 3.34. The zero-order valence-electron chi connectivity index (χ0n) is 15.4. The largest absolute Gasteiger partial charge is 0.481 e. The van der Waals surface area contributed by atoms with Crippen LogP contribution in [0.5, 0.6) is 0 Å². The van der Waals surface area contributed by atoms with E-state index >= 15 is 0 Å². The first kappa shape index (κ1) is 25.6. The second kappa shape index (κ2) is 15.7. The molecule has 0 aromatic heterocycles. The van der Waals surface area contributed by atoms with E-state index < -0.39 is 35.3 Å². The van der Waals surface area contributed by atoms with Gasteiger partial charge in [-0.1, -0.05) is 48.6 Å². The van der Waals surface area contributed by atoms with Crippen molar-refractivity contribution in [2.24, 2.45) is 5.73 Å². The fraction of sp³-hybridized carbons (Fsp3) is 0.421. The number of carboxylic acid groups (broad SMARTS) is 3. The third-order valence-corrected chi connectivity index (χ3v) is 4.75. The Balaban J connectivity index is 4.68. The first-order chi connectivity index (χ1) is 13.2. The SMILES string of the molecule is N[C@H](CS[C@H](/C=C/C=C/C=C\C=C\CC(=O)O)[C@@H](O)CCCC(=O)O)C(=O)O. The number of carboxylic acids is 3. The molecule has 0 amide bonds.